The van der Waals surface area contributed by atoms with Gasteiger partial charge in [-0.05, 0) is 0 Å². The topological polar surface area (TPSA) is 108 Å². The van der Waals surface area contributed by atoms with Crippen LogP contribution in [0.25, 0.3) is 0 Å². The minimum Gasteiger partial charge on any atom is -0.480 e. The number of amides is 2. The summed E-state index contributed by atoms with van der Waals surface area (Å²) >= 11 is 0. The van der Waals surface area contributed by atoms with Gasteiger partial charge < -0.3 is 21.1 Å². The Morgan fingerprint density at radius 3 is 2.19 bits per heavy atom. The molecular weight excluding hydrogens is 214 g/mol. The number of rotatable bonds is 8. The van der Waals surface area contributed by atoms with Crippen molar-refractivity contribution in [1.82, 2.24) is 16.0 Å². The summed E-state index contributed by atoms with van der Waals surface area (Å²) in [6.45, 7) is 3.35. The molecule has 0 aliphatic heterocycles. The number of carbonyl (C=O) groups is 3. The number of aliphatic carboxylic acids is 1. The lowest BCUT2D eigenvalue weighted by molar-refractivity contribution is -0.137. The molecule has 0 saturated carbocycles. The van der Waals surface area contributed by atoms with Gasteiger partial charge in [0.1, 0.15) is 6.54 Å². The maximum absolute atomic E-state index is 11.1. The van der Waals surface area contributed by atoms with Gasteiger partial charge in [0, 0.05) is 6.54 Å². The third-order valence-electron chi connectivity index (χ3n) is 1.46. The second kappa shape index (κ2) is 8.42. The summed E-state index contributed by atoms with van der Waals surface area (Å²) in [7, 11) is 0. The van der Waals surface area contributed by atoms with Crippen LogP contribution in [-0.2, 0) is 14.4 Å². The molecule has 0 fully saturated rings. The van der Waals surface area contributed by atoms with Crippen molar-refractivity contribution >= 4 is 17.8 Å². The Labute approximate surface area is 92.9 Å². The van der Waals surface area contributed by atoms with E-state index in [1.54, 1.807) is 6.08 Å². The molecule has 4 N–H and O–H groups in total. The fraction of sp³-hybridized carbons (Fsp3) is 0.444. The number of hydrogen-bond donors (Lipinski definition) is 4. The zero-order valence-electron chi connectivity index (χ0n) is 8.78. The molecule has 90 valence electrons. The predicted octanol–water partition coefficient (Wildman–Crippen LogP) is -1.92. The third-order valence-corrected chi connectivity index (χ3v) is 1.46. The van der Waals surface area contributed by atoms with E-state index in [4.69, 9.17) is 5.11 Å². The van der Waals surface area contributed by atoms with Crippen molar-refractivity contribution < 1.29 is 19.5 Å². The van der Waals surface area contributed by atoms with E-state index >= 15 is 0 Å². The Balaban J connectivity index is 3.54. The Morgan fingerprint density at radius 1 is 1.06 bits per heavy atom. The van der Waals surface area contributed by atoms with Gasteiger partial charge in [0.25, 0.3) is 0 Å². The lowest BCUT2D eigenvalue weighted by Crippen LogP contribution is -2.41. The minimum atomic E-state index is -1.13. The minimum absolute atomic E-state index is 0.0816. The quantitative estimate of drug-likeness (QED) is 0.287. The van der Waals surface area contributed by atoms with E-state index in [-0.39, 0.29) is 19.0 Å². The highest BCUT2D eigenvalue weighted by Gasteiger charge is 2.05. The van der Waals surface area contributed by atoms with Crippen LogP contribution in [0.2, 0.25) is 0 Å². The maximum atomic E-state index is 11.1. The van der Waals surface area contributed by atoms with Crippen LogP contribution in [0.4, 0.5) is 0 Å². The van der Waals surface area contributed by atoms with Crippen molar-refractivity contribution in [1.29, 1.82) is 0 Å². The fourth-order valence-corrected chi connectivity index (χ4v) is 0.766. The second-order valence-corrected chi connectivity index (χ2v) is 2.87. The molecule has 7 heteroatoms. The first-order valence-electron chi connectivity index (χ1n) is 4.63. The summed E-state index contributed by atoms with van der Waals surface area (Å²) in [6, 6.07) is 0. The second-order valence-electron chi connectivity index (χ2n) is 2.87. The van der Waals surface area contributed by atoms with Crippen LogP contribution >= 0.6 is 0 Å². The first-order chi connectivity index (χ1) is 7.56. The lowest BCUT2D eigenvalue weighted by atomic mass is 10.5. The van der Waals surface area contributed by atoms with E-state index < -0.39 is 18.4 Å². The highest BCUT2D eigenvalue weighted by molar-refractivity contribution is 5.87. The van der Waals surface area contributed by atoms with Crippen LogP contribution < -0.4 is 16.0 Å². The fourth-order valence-electron chi connectivity index (χ4n) is 0.766. The van der Waals surface area contributed by atoms with Gasteiger partial charge in [0.2, 0.25) is 11.8 Å². The van der Waals surface area contributed by atoms with E-state index in [2.05, 4.69) is 22.5 Å². The van der Waals surface area contributed by atoms with Gasteiger partial charge in [-0.15, -0.1) is 6.58 Å². The summed E-state index contributed by atoms with van der Waals surface area (Å²) in [5, 5.41) is 15.5. The van der Waals surface area contributed by atoms with E-state index in [0.717, 1.165) is 0 Å². The van der Waals surface area contributed by atoms with E-state index in [0.29, 0.717) is 6.54 Å². The van der Waals surface area contributed by atoms with E-state index in [1.807, 2.05) is 0 Å². The number of hydrogen-bond acceptors (Lipinski definition) is 4. The molecule has 7 nitrogen and oxygen atoms in total. The first-order valence-corrected chi connectivity index (χ1v) is 4.63. The lowest BCUT2D eigenvalue weighted by Gasteiger charge is -2.05. The summed E-state index contributed by atoms with van der Waals surface area (Å²) in [6.07, 6.45) is 1.60. The van der Waals surface area contributed by atoms with Gasteiger partial charge in [-0.1, -0.05) is 6.08 Å². The van der Waals surface area contributed by atoms with Gasteiger partial charge in [0.15, 0.2) is 0 Å². The molecule has 0 bridgehead atoms. The molecular formula is C9H15N3O4. The highest BCUT2D eigenvalue weighted by atomic mass is 16.4. The molecule has 0 unspecified atom stereocenters. The zero-order valence-corrected chi connectivity index (χ0v) is 8.78. The Bertz CT molecular complexity index is 278. The molecule has 0 aromatic carbocycles. The molecule has 0 radical (unpaired) electrons. The van der Waals surface area contributed by atoms with Gasteiger partial charge in [0.05, 0.1) is 13.1 Å². The monoisotopic (exact) mass is 229 g/mol. The molecule has 0 aromatic rings. The van der Waals surface area contributed by atoms with Gasteiger partial charge in [-0.3, -0.25) is 14.4 Å². The molecule has 0 aromatic heterocycles. The standard InChI is InChI=1S/C9H15N3O4/c1-2-3-10-4-7(13)11-5-8(14)12-6-9(15)16/h2,10H,1,3-6H2,(H,11,13)(H,12,14)(H,15,16). The normalized spacial score (nSPS) is 9.25. The largest absolute Gasteiger partial charge is 0.480 e. The van der Waals surface area contributed by atoms with Crippen LogP contribution in [0.1, 0.15) is 0 Å². The smallest absolute Gasteiger partial charge is 0.322 e. The van der Waals surface area contributed by atoms with Crippen LogP contribution in [0, 0.1) is 0 Å². The van der Waals surface area contributed by atoms with Gasteiger partial charge >= 0.3 is 5.97 Å². The third kappa shape index (κ3) is 8.70. The van der Waals surface area contributed by atoms with Crippen molar-refractivity contribution in [2.24, 2.45) is 0 Å². The van der Waals surface area contributed by atoms with Crippen LogP contribution in [0.15, 0.2) is 12.7 Å². The van der Waals surface area contributed by atoms with Crippen LogP contribution in [-0.4, -0.2) is 49.1 Å². The molecule has 0 rings (SSSR count). The first kappa shape index (κ1) is 14.1. The molecule has 0 aliphatic rings. The van der Waals surface area contributed by atoms with Crippen LogP contribution in [0.3, 0.4) is 0 Å². The molecule has 0 saturated heterocycles. The van der Waals surface area contributed by atoms with Crippen molar-refractivity contribution in [3.8, 4) is 0 Å². The Kier molecular flexibility index (Phi) is 7.43. The molecule has 0 heterocycles. The number of carboxylic acids is 1. The van der Waals surface area contributed by atoms with Crippen molar-refractivity contribution in [3.63, 3.8) is 0 Å². The summed E-state index contributed by atoms with van der Waals surface area (Å²) < 4.78 is 0. The molecule has 0 aliphatic carbocycles. The number of carboxylic acid groups (broad SMARTS) is 1. The maximum Gasteiger partial charge on any atom is 0.322 e. The molecule has 2 amide bonds. The average molecular weight is 229 g/mol. The highest BCUT2D eigenvalue weighted by Crippen LogP contribution is 1.69. The van der Waals surface area contributed by atoms with Gasteiger partial charge in [-0.2, -0.15) is 0 Å². The number of carbonyl (C=O) groups excluding carboxylic acids is 2. The van der Waals surface area contributed by atoms with Crippen molar-refractivity contribution in [2.75, 3.05) is 26.2 Å². The Hall–Kier alpha value is -1.89. The van der Waals surface area contributed by atoms with E-state index in [1.165, 1.54) is 0 Å². The SMILES string of the molecule is C=CCNCC(=O)NCC(=O)NCC(=O)O. The van der Waals surface area contributed by atoms with Crippen molar-refractivity contribution in [3.05, 3.63) is 12.7 Å². The van der Waals surface area contributed by atoms with Crippen molar-refractivity contribution in [2.45, 2.75) is 0 Å². The molecule has 0 spiro atoms. The predicted molar refractivity (Wildman–Crippen MR) is 56.7 cm³/mol. The summed E-state index contributed by atoms with van der Waals surface area (Å²) in [4.78, 5) is 32.1. The molecule has 0 atom stereocenters. The number of nitrogens with one attached hydrogen (secondary N) is 3. The summed E-state index contributed by atoms with van der Waals surface area (Å²) in [5.41, 5.74) is 0. The van der Waals surface area contributed by atoms with Gasteiger partial charge in [-0.25, -0.2) is 0 Å². The zero-order chi connectivity index (χ0) is 12.4. The summed E-state index contributed by atoms with van der Waals surface area (Å²) in [5.74, 6) is -2.01. The average Bonchev–Trinajstić information content (AvgIpc) is 2.24. The molecule has 16 heavy (non-hydrogen) atoms. The van der Waals surface area contributed by atoms with Crippen LogP contribution in [0.5, 0.6) is 0 Å². The van der Waals surface area contributed by atoms with E-state index in [9.17, 15) is 14.4 Å². The Morgan fingerprint density at radius 2 is 1.62 bits per heavy atom.